The largest absolute Gasteiger partial charge is 0.467 e. The van der Waals surface area contributed by atoms with E-state index < -0.39 is 0 Å². The van der Waals surface area contributed by atoms with Gasteiger partial charge in [-0.05, 0) is 215 Å². The molecule has 0 aliphatic rings. The van der Waals surface area contributed by atoms with Gasteiger partial charge < -0.3 is 87.5 Å². The molecule has 136 heavy (non-hydrogen) atoms. The van der Waals surface area contributed by atoms with E-state index in [4.69, 9.17) is 56.8 Å². The highest BCUT2D eigenvalue weighted by molar-refractivity contribution is 7.57. The van der Waals surface area contributed by atoms with Crippen LogP contribution < -0.4 is 92.1 Å². The van der Waals surface area contributed by atoms with Gasteiger partial charge in [0.05, 0.1) is 39.6 Å². The van der Waals surface area contributed by atoms with Crippen molar-refractivity contribution in [2.24, 2.45) is 0 Å². The summed E-state index contributed by atoms with van der Waals surface area (Å²) in [6.45, 7) is 42.2. The van der Waals surface area contributed by atoms with Gasteiger partial charge in [0.1, 0.15) is 34.5 Å². The minimum atomic E-state index is -0.0555. The van der Waals surface area contributed by atoms with Crippen LogP contribution in [0.5, 0.6) is 34.5 Å². The third kappa shape index (κ3) is 36.3. The fraction of sp³-hybridized carbons (Fsp3) is 0.357. The summed E-state index contributed by atoms with van der Waals surface area (Å²) in [5.41, 5.74) is 21.1. The van der Waals surface area contributed by atoms with Crippen molar-refractivity contribution < 1.29 is 87.5 Å². The lowest BCUT2D eigenvalue weighted by atomic mass is 9.80. The smallest absolute Gasteiger partial charge is 0.188 e. The second kappa shape index (κ2) is 57.9. The molecule has 6 unspecified atom stereocenters. The number of ether oxygens (including phenoxy) is 12. The topological polar surface area (TPSA) is 232 Å². The van der Waals surface area contributed by atoms with E-state index in [9.17, 15) is 30.6 Å². The minimum absolute atomic E-state index is 0.0264. The Balaban J connectivity index is 0.000000223. The van der Waals surface area contributed by atoms with E-state index >= 15 is 0 Å². The first kappa shape index (κ1) is 115. The van der Waals surface area contributed by atoms with Gasteiger partial charge in [0.25, 0.3) is 0 Å². The van der Waals surface area contributed by atoms with Gasteiger partial charge in [0.15, 0.2) is 40.8 Å². The SMILES string of the molecule is COCOc1c(C)cc(C)cc1Pc1ccc(C)cc1CO.COCOc1c(C)cccc1Pc1ccc(C)cc1CO.COCOc1c(Pc2ccc(C)cc2CO)cc(C)cc1C(C)(C)C.COCOc1c(Pc2ccccc2CO)cc(C(C)(C)C)cc1C(C)(C)C.COCOc1ccc(C)cc1Pc1ccc(C)cc1CO.COCOc1ccccc1Pc1ccc(C)cc1CO. The fourth-order valence-electron chi connectivity index (χ4n) is 14.4. The van der Waals surface area contributed by atoms with E-state index in [1.807, 2.05) is 139 Å². The zero-order valence-corrected chi connectivity index (χ0v) is 90.3. The number of aliphatic hydroxyl groups excluding tert-OH is 6. The molecule has 0 aliphatic heterocycles. The van der Waals surface area contributed by atoms with Crippen LogP contribution in [-0.2, 0) is 84.3 Å². The van der Waals surface area contributed by atoms with Crippen molar-refractivity contribution >= 4 is 115 Å². The summed E-state index contributed by atoms with van der Waals surface area (Å²) < 4.78 is 65.1. The molecule has 6 atom stereocenters. The van der Waals surface area contributed by atoms with Gasteiger partial charge in [0, 0.05) is 85.6 Å². The molecule has 12 aromatic carbocycles. The molecule has 0 saturated carbocycles. The van der Waals surface area contributed by atoms with Crippen molar-refractivity contribution in [3.63, 3.8) is 0 Å². The lowest BCUT2D eigenvalue weighted by Gasteiger charge is -2.29. The predicted molar refractivity (Wildman–Crippen MR) is 577 cm³/mol. The molecule has 732 valence electrons. The highest BCUT2D eigenvalue weighted by Crippen LogP contribution is 2.40. The molecule has 12 aromatic rings. The van der Waals surface area contributed by atoms with Crippen LogP contribution in [0, 0.1) is 69.2 Å². The fourth-order valence-corrected chi connectivity index (χ4v) is 22.5. The van der Waals surface area contributed by atoms with Gasteiger partial charge in [-0.1, -0.05) is 323 Å². The first-order valence-corrected chi connectivity index (χ1v) is 51.2. The van der Waals surface area contributed by atoms with Crippen molar-refractivity contribution in [3.8, 4) is 34.5 Å². The molecule has 12 rings (SSSR count). The maximum atomic E-state index is 9.73. The molecule has 24 heteroatoms. The van der Waals surface area contributed by atoms with Crippen LogP contribution in [0.15, 0.2) is 212 Å². The molecule has 18 nitrogen and oxygen atoms in total. The minimum Gasteiger partial charge on any atom is -0.467 e. The summed E-state index contributed by atoms with van der Waals surface area (Å²) in [4.78, 5) is 0. The standard InChI is InChI=1S/C23H33O3P.C21H29O3P.C18H23O3P.2C17H21O3P.C16H19O3P/c1-22(2,3)17-12-18(23(4,5)6)21(26-15-25-7)20(13-17)27-19-11-9-8-10-16(19)14-24;1-14-7-8-18(16(9-14)12-22)25-19-11-15(2)10-17(21(3,4)5)20(19)24-13-23-6;1-12-5-6-16(15(8-12)10-19)22-17-9-13(2)7-14(3)18(17)21-11-20-4;1-12-5-7-16(14(8-12)10-18)21-17-9-13(2)4-6-15(17)20-11-19-3;1-12-7-8-15(14(9-12)10-18)21-16-6-4-5-13(2)17(16)20-11-19-3;1-12-7-8-15(13(9-12)10-17)20-16-6-4-3-5-14(16)19-11-18-2/h8-13,24,27H,14-15H2,1-7H3;7-11,22,25H,12-13H2,1-6H3;5-9,19,22H,10-11H2,1-4H3;2*4-9,18,21H,10-11H2,1-3H3;3-9,17,20H,10-11H2,1-2H3. The van der Waals surface area contributed by atoms with E-state index in [1.54, 1.807) is 42.7 Å². The molecule has 0 aromatic heterocycles. The molecule has 0 radical (unpaired) electrons. The molecular formula is C112H146O18P6. The average molecular weight is 1970 g/mol. The van der Waals surface area contributed by atoms with Crippen LogP contribution in [0.25, 0.3) is 0 Å². The Morgan fingerprint density at radius 1 is 0.213 bits per heavy atom. The van der Waals surface area contributed by atoms with Crippen LogP contribution in [0.1, 0.15) is 168 Å². The summed E-state index contributed by atoms with van der Waals surface area (Å²) in [5.74, 6) is 5.24. The monoisotopic (exact) mass is 1960 g/mol. The van der Waals surface area contributed by atoms with Gasteiger partial charge in [-0.25, -0.2) is 0 Å². The molecule has 0 heterocycles. The molecule has 0 aliphatic carbocycles. The van der Waals surface area contributed by atoms with Crippen LogP contribution in [0.2, 0.25) is 0 Å². The second-order valence-corrected chi connectivity index (χ2v) is 44.2. The molecule has 0 amide bonds. The summed E-state index contributed by atoms with van der Waals surface area (Å²) in [5, 5.41) is 71.3. The third-order valence-electron chi connectivity index (χ3n) is 21.4. The van der Waals surface area contributed by atoms with E-state index in [0.717, 1.165) is 170 Å². The summed E-state index contributed by atoms with van der Waals surface area (Å²) in [6, 6.07) is 72.5. The average Bonchev–Trinajstić information content (AvgIpc) is 0.779. The molecule has 6 N–H and O–H groups in total. The quantitative estimate of drug-likeness (QED) is 0.0158. The zero-order chi connectivity index (χ0) is 99.8. The first-order valence-electron chi connectivity index (χ1n) is 45.2. The zero-order valence-electron chi connectivity index (χ0n) is 84.3. The van der Waals surface area contributed by atoms with Crippen LogP contribution >= 0.6 is 51.5 Å². The van der Waals surface area contributed by atoms with Crippen LogP contribution in [-0.4, -0.2) is 114 Å². The van der Waals surface area contributed by atoms with Crippen molar-refractivity contribution in [2.75, 3.05) is 83.4 Å². The second-order valence-electron chi connectivity index (χ2n) is 36.2. The number of aliphatic hydroxyl groups is 6. The maximum Gasteiger partial charge on any atom is 0.188 e. The number of para-hydroxylation sites is 2. The number of hydrogen-bond donors (Lipinski definition) is 6. The Kier molecular flexibility index (Phi) is 48.8. The number of aryl methyl sites for hydroxylation is 10. The third-order valence-corrected chi connectivity index (χ3v) is 29.8. The van der Waals surface area contributed by atoms with Crippen LogP contribution in [0.3, 0.4) is 0 Å². The van der Waals surface area contributed by atoms with Gasteiger partial charge in [0.2, 0.25) is 0 Å². The maximum absolute atomic E-state index is 9.73. The molecule has 0 bridgehead atoms. The van der Waals surface area contributed by atoms with Gasteiger partial charge >= 0.3 is 0 Å². The van der Waals surface area contributed by atoms with Crippen molar-refractivity contribution in [2.45, 2.75) is 187 Å². The summed E-state index contributed by atoms with van der Waals surface area (Å²) in [7, 11) is 12.3. The predicted octanol–water partition coefficient (Wildman–Crippen LogP) is 17.7. The summed E-state index contributed by atoms with van der Waals surface area (Å²) in [6.07, 6.45) is 0. The van der Waals surface area contributed by atoms with Crippen molar-refractivity contribution in [1.29, 1.82) is 0 Å². The Labute approximate surface area is 820 Å². The Bertz CT molecular complexity index is 5690. The van der Waals surface area contributed by atoms with E-state index in [0.29, 0.717) is 51.5 Å². The van der Waals surface area contributed by atoms with Crippen LogP contribution in [0.4, 0.5) is 0 Å². The van der Waals surface area contributed by atoms with Crippen molar-refractivity contribution in [1.82, 2.24) is 0 Å². The number of methoxy groups -OCH3 is 6. The Morgan fingerprint density at radius 3 is 0.897 bits per heavy atom. The number of rotatable bonds is 36. The number of hydrogen-bond acceptors (Lipinski definition) is 18. The van der Waals surface area contributed by atoms with Crippen molar-refractivity contribution in [3.05, 3.63) is 318 Å². The molecule has 0 saturated heterocycles. The molecular weight excluding hydrogens is 1820 g/mol. The van der Waals surface area contributed by atoms with E-state index in [-0.39, 0.29) is 96.6 Å². The lowest BCUT2D eigenvalue weighted by molar-refractivity contribution is 0.0504. The van der Waals surface area contributed by atoms with Gasteiger partial charge in [-0.3, -0.25) is 0 Å². The van der Waals surface area contributed by atoms with E-state index in [1.165, 1.54) is 33.4 Å². The molecule has 0 spiro atoms. The highest BCUT2D eigenvalue weighted by Gasteiger charge is 2.28. The summed E-state index contributed by atoms with van der Waals surface area (Å²) >= 11 is 0. The Hall–Kier alpha value is -8.46. The van der Waals surface area contributed by atoms with Gasteiger partial charge in [-0.15, -0.1) is 0 Å². The Morgan fingerprint density at radius 2 is 0.500 bits per heavy atom. The first-order chi connectivity index (χ1) is 64.9. The normalized spacial score (nSPS) is 11.7. The highest BCUT2D eigenvalue weighted by atomic mass is 31.1. The van der Waals surface area contributed by atoms with E-state index in [2.05, 4.69) is 204 Å². The lowest BCUT2D eigenvalue weighted by Crippen LogP contribution is -2.24. The molecule has 0 fully saturated rings. The number of benzene rings is 12. The van der Waals surface area contributed by atoms with Gasteiger partial charge in [-0.2, -0.15) is 0 Å².